The van der Waals surface area contributed by atoms with Crippen LogP contribution in [-0.2, 0) is 32.7 Å². The number of fused-ring (bicyclic) bond motifs is 3. The zero-order valence-corrected chi connectivity index (χ0v) is 14.7. The molecule has 0 amide bonds. The van der Waals surface area contributed by atoms with Crippen molar-refractivity contribution in [2.75, 3.05) is 6.54 Å². The van der Waals surface area contributed by atoms with Gasteiger partial charge in [-0.25, -0.2) is 6.42 Å². The molecule has 3 aliphatic rings. The van der Waals surface area contributed by atoms with Gasteiger partial charge in [0.25, 0.3) is 0 Å². The van der Waals surface area contributed by atoms with Crippen LogP contribution in [0.2, 0.25) is 0 Å². The van der Waals surface area contributed by atoms with Crippen LogP contribution < -0.4 is 0 Å². The third-order valence-electron chi connectivity index (χ3n) is 4.71. The minimum absolute atomic E-state index is 0. The van der Waals surface area contributed by atoms with Crippen molar-refractivity contribution in [2.45, 2.75) is 46.6 Å². The molecule has 97 valence electrons. The summed E-state index contributed by atoms with van der Waals surface area (Å²) in [6.45, 7) is 17.5. The molecule has 3 fully saturated rings. The van der Waals surface area contributed by atoms with E-state index in [0.29, 0.717) is 0 Å². The maximum absolute atomic E-state index is 4.13. The molecule has 1 nitrogen and oxygen atoms in total. The van der Waals surface area contributed by atoms with E-state index in [1.165, 1.54) is 13.0 Å². The van der Waals surface area contributed by atoms with Crippen LogP contribution in [-0.4, -0.2) is 17.5 Å². The maximum atomic E-state index is 4.13. The van der Waals surface area contributed by atoms with E-state index in [2.05, 4.69) is 46.1 Å². The standard InChI is InChI=1S/C15H27N.Y/c1-6-12-9-16-8-7-13(12)14(10(2)3)15(16)11(4)5;/h9-15H,1,6-8H2,2-5H3;/q-2;. The van der Waals surface area contributed by atoms with Crippen molar-refractivity contribution in [1.82, 2.24) is 4.90 Å². The number of piperidine rings is 3. The molecule has 0 aromatic heterocycles. The molecule has 3 heterocycles. The average Bonchev–Trinajstić information content (AvgIpc) is 2.27. The van der Waals surface area contributed by atoms with Crippen molar-refractivity contribution in [3.63, 3.8) is 0 Å². The minimum atomic E-state index is 0. The first-order valence-corrected chi connectivity index (χ1v) is 6.96. The van der Waals surface area contributed by atoms with Gasteiger partial charge in [-0.2, -0.15) is 5.92 Å². The van der Waals surface area contributed by atoms with Gasteiger partial charge in [0, 0.05) is 32.7 Å². The Kier molecular flexibility index (Phi) is 6.15. The smallest absolute Gasteiger partial charge is 0 e. The summed E-state index contributed by atoms with van der Waals surface area (Å²) in [6, 6.07) is 0.779. The van der Waals surface area contributed by atoms with Crippen LogP contribution in [0.3, 0.4) is 0 Å². The molecule has 3 saturated heterocycles. The Morgan fingerprint density at radius 3 is 2.35 bits per heavy atom. The SMILES string of the molecule is [CH2-]CC1[CH-]N2CCC1C(C(C)C)C2C(C)C.[Y]. The van der Waals surface area contributed by atoms with Crippen LogP contribution in [0, 0.1) is 43.1 Å². The molecule has 2 heteroatoms. The van der Waals surface area contributed by atoms with Crippen molar-refractivity contribution in [1.29, 1.82) is 0 Å². The van der Waals surface area contributed by atoms with E-state index in [4.69, 9.17) is 0 Å². The van der Waals surface area contributed by atoms with E-state index < -0.39 is 0 Å². The molecule has 5 unspecified atom stereocenters. The van der Waals surface area contributed by atoms with Crippen LogP contribution >= 0.6 is 0 Å². The van der Waals surface area contributed by atoms with Gasteiger partial charge in [0.2, 0.25) is 0 Å². The zero-order chi connectivity index (χ0) is 11.9. The monoisotopic (exact) mass is 310 g/mol. The molecule has 2 bridgehead atoms. The van der Waals surface area contributed by atoms with Crippen molar-refractivity contribution in [3.8, 4) is 0 Å². The molecule has 3 rings (SSSR count). The van der Waals surface area contributed by atoms with Gasteiger partial charge in [0.1, 0.15) is 0 Å². The van der Waals surface area contributed by atoms with E-state index in [9.17, 15) is 0 Å². The van der Waals surface area contributed by atoms with Gasteiger partial charge in [0.05, 0.1) is 0 Å². The Morgan fingerprint density at radius 2 is 1.88 bits per heavy atom. The Balaban J connectivity index is 0.00000144. The van der Waals surface area contributed by atoms with E-state index in [1.807, 2.05) is 0 Å². The minimum Gasteiger partial charge on any atom is -0.453 e. The quantitative estimate of drug-likeness (QED) is 0.720. The predicted molar refractivity (Wildman–Crippen MR) is 69.5 cm³/mol. The molecule has 17 heavy (non-hydrogen) atoms. The Morgan fingerprint density at radius 1 is 1.24 bits per heavy atom. The van der Waals surface area contributed by atoms with Gasteiger partial charge in [-0.1, -0.05) is 33.6 Å². The summed E-state index contributed by atoms with van der Waals surface area (Å²) >= 11 is 0. The fourth-order valence-electron chi connectivity index (χ4n) is 4.15. The summed E-state index contributed by atoms with van der Waals surface area (Å²) in [5, 5.41) is 0. The molecule has 1 radical (unpaired) electrons. The van der Waals surface area contributed by atoms with Crippen LogP contribution in [0.5, 0.6) is 0 Å². The first-order valence-electron chi connectivity index (χ1n) is 6.96. The molecule has 0 saturated carbocycles. The number of hydrogen-bond donors (Lipinski definition) is 0. The molecule has 5 atom stereocenters. The van der Waals surface area contributed by atoms with Gasteiger partial charge in [-0.05, 0) is 36.8 Å². The summed E-state index contributed by atoms with van der Waals surface area (Å²) in [6.07, 6.45) is 2.47. The summed E-state index contributed by atoms with van der Waals surface area (Å²) in [4.78, 5) is 2.64. The van der Waals surface area contributed by atoms with Crippen LogP contribution in [0.25, 0.3) is 0 Å². The largest absolute Gasteiger partial charge is 0.453 e. The van der Waals surface area contributed by atoms with Crippen molar-refractivity contribution < 1.29 is 32.7 Å². The Bertz CT molecular complexity index is 239. The fourth-order valence-corrected chi connectivity index (χ4v) is 4.15. The van der Waals surface area contributed by atoms with Gasteiger partial charge in [-0.15, -0.1) is 0 Å². The fraction of sp³-hybridized carbons (Fsp3) is 0.867. The average molecular weight is 310 g/mol. The van der Waals surface area contributed by atoms with Crippen LogP contribution in [0.15, 0.2) is 0 Å². The third-order valence-corrected chi connectivity index (χ3v) is 4.71. The molecule has 0 spiro atoms. The van der Waals surface area contributed by atoms with E-state index in [-0.39, 0.29) is 32.7 Å². The second-order valence-corrected chi connectivity index (χ2v) is 6.35. The number of rotatable bonds is 3. The van der Waals surface area contributed by atoms with E-state index >= 15 is 0 Å². The van der Waals surface area contributed by atoms with E-state index in [0.717, 1.165) is 42.1 Å². The summed E-state index contributed by atoms with van der Waals surface area (Å²) < 4.78 is 0. The third kappa shape index (κ3) is 2.98. The molecular weight excluding hydrogens is 283 g/mol. The summed E-state index contributed by atoms with van der Waals surface area (Å²) in [5.41, 5.74) is 0. The number of hydrogen-bond acceptors (Lipinski definition) is 1. The predicted octanol–water partition coefficient (Wildman–Crippen LogP) is 3.62. The van der Waals surface area contributed by atoms with Crippen LogP contribution in [0.4, 0.5) is 0 Å². The second-order valence-electron chi connectivity index (χ2n) is 6.35. The first kappa shape index (κ1) is 16.1. The Labute approximate surface area is 133 Å². The topological polar surface area (TPSA) is 3.24 Å². The maximum Gasteiger partial charge on any atom is 0 e. The van der Waals surface area contributed by atoms with Gasteiger partial charge < -0.3 is 11.8 Å². The van der Waals surface area contributed by atoms with Gasteiger partial charge in [0.15, 0.2) is 0 Å². The Hall–Kier alpha value is 1.06. The van der Waals surface area contributed by atoms with Crippen molar-refractivity contribution >= 4 is 0 Å². The molecular formula is C15H27NY-2. The second kappa shape index (κ2) is 6.48. The van der Waals surface area contributed by atoms with Crippen molar-refractivity contribution in [3.05, 3.63) is 13.5 Å². The summed E-state index contributed by atoms with van der Waals surface area (Å²) in [5.74, 6) is 4.11. The molecule has 0 aromatic carbocycles. The summed E-state index contributed by atoms with van der Waals surface area (Å²) in [7, 11) is 0. The molecule has 0 N–H and O–H groups in total. The normalized spacial score (nSPS) is 40.8. The number of nitrogens with zero attached hydrogens (tertiary/aromatic N) is 1. The molecule has 3 aliphatic heterocycles. The van der Waals surface area contributed by atoms with Crippen LogP contribution in [0.1, 0.15) is 40.5 Å². The molecule has 0 aliphatic carbocycles. The zero-order valence-electron chi connectivity index (χ0n) is 11.9. The van der Waals surface area contributed by atoms with Crippen molar-refractivity contribution in [2.24, 2.45) is 29.6 Å². The van der Waals surface area contributed by atoms with E-state index in [1.54, 1.807) is 0 Å². The first-order chi connectivity index (χ1) is 7.56. The van der Waals surface area contributed by atoms with Gasteiger partial charge >= 0.3 is 0 Å². The molecule has 0 aromatic rings. The van der Waals surface area contributed by atoms with Gasteiger partial charge in [-0.3, -0.25) is 6.54 Å².